The maximum atomic E-state index is 12.7. The zero-order chi connectivity index (χ0) is 17.4. The monoisotopic (exact) mass is 374 g/mol. The molecule has 1 amide bonds. The number of rotatable bonds is 4. The highest BCUT2D eigenvalue weighted by Gasteiger charge is 2.39. The predicted molar refractivity (Wildman–Crippen MR) is 98.1 cm³/mol. The lowest BCUT2D eigenvalue weighted by Gasteiger charge is -2.43. The normalized spacial score (nSPS) is 15.8. The van der Waals surface area contributed by atoms with Crippen molar-refractivity contribution in [3.05, 3.63) is 57.8 Å². The second-order valence-electron chi connectivity index (χ2n) is 6.50. The summed E-state index contributed by atoms with van der Waals surface area (Å²) >= 11 is 12.3. The summed E-state index contributed by atoms with van der Waals surface area (Å²) in [6.07, 6.45) is 5.22. The number of fused-ring (bicyclic) bond motifs is 1. The van der Waals surface area contributed by atoms with Gasteiger partial charge in [-0.1, -0.05) is 29.3 Å². The molecule has 1 fully saturated rings. The van der Waals surface area contributed by atoms with E-state index in [2.05, 4.69) is 20.5 Å². The molecule has 0 spiro atoms. The molecule has 1 aliphatic rings. The third kappa shape index (κ3) is 3.22. The van der Waals surface area contributed by atoms with Crippen molar-refractivity contribution >= 4 is 40.1 Å². The lowest BCUT2D eigenvalue weighted by molar-refractivity contribution is 0.0822. The molecule has 0 unspecified atom stereocenters. The number of hydrogen-bond acceptors (Lipinski definition) is 3. The quantitative estimate of drug-likeness (QED) is 0.719. The third-order valence-corrected chi connectivity index (χ3v) is 5.35. The first-order valence-corrected chi connectivity index (χ1v) is 8.87. The van der Waals surface area contributed by atoms with Gasteiger partial charge in [0.15, 0.2) is 0 Å². The van der Waals surface area contributed by atoms with Gasteiger partial charge < -0.3 is 5.32 Å². The molecule has 1 saturated carbocycles. The molecule has 4 rings (SSSR count). The summed E-state index contributed by atoms with van der Waals surface area (Å²) in [5, 5.41) is 11.2. The summed E-state index contributed by atoms with van der Waals surface area (Å²) in [7, 11) is 0. The zero-order valence-corrected chi connectivity index (χ0v) is 14.9. The van der Waals surface area contributed by atoms with Crippen molar-refractivity contribution in [2.45, 2.75) is 31.2 Å². The number of carbonyl (C=O) groups excluding carboxylic acids is 1. The molecule has 0 radical (unpaired) electrons. The van der Waals surface area contributed by atoms with Gasteiger partial charge in [-0.25, -0.2) is 4.98 Å². The number of nitrogens with zero attached hydrogens (tertiary/aromatic N) is 2. The van der Waals surface area contributed by atoms with Gasteiger partial charge in [0.1, 0.15) is 11.2 Å². The number of benzene rings is 1. The fourth-order valence-electron chi connectivity index (χ4n) is 3.24. The SMILES string of the molecule is O=C(NC1(Cc2ccc(Cl)cc2Cl)CCC1)c1ccc2[nH]ncc2n1. The van der Waals surface area contributed by atoms with Crippen molar-refractivity contribution in [2.24, 2.45) is 0 Å². The minimum absolute atomic E-state index is 0.173. The van der Waals surface area contributed by atoms with Crippen molar-refractivity contribution in [1.82, 2.24) is 20.5 Å². The van der Waals surface area contributed by atoms with Crippen molar-refractivity contribution < 1.29 is 4.79 Å². The summed E-state index contributed by atoms with van der Waals surface area (Å²) in [5.74, 6) is -0.173. The summed E-state index contributed by atoms with van der Waals surface area (Å²) in [6.45, 7) is 0. The molecule has 0 atom stereocenters. The van der Waals surface area contributed by atoms with E-state index in [0.29, 0.717) is 27.7 Å². The Morgan fingerprint density at radius 3 is 2.80 bits per heavy atom. The van der Waals surface area contributed by atoms with Gasteiger partial charge in [0.25, 0.3) is 5.91 Å². The van der Waals surface area contributed by atoms with Crippen LogP contribution in [0.25, 0.3) is 11.0 Å². The van der Waals surface area contributed by atoms with Crippen LogP contribution in [-0.2, 0) is 6.42 Å². The smallest absolute Gasteiger partial charge is 0.270 e. The van der Waals surface area contributed by atoms with Crippen LogP contribution in [0.1, 0.15) is 35.3 Å². The summed E-state index contributed by atoms with van der Waals surface area (Å²) in [4.78, 5) is 17.1. The zero-order valence-electron chi connectivity index (χ0n) is 13.4. The van der Waals surface area contributed by atoms with Crippen LogP contribution in [0.2, 0.25) is 10.0 Å². The van der Waals surface area contributed by atoms with Crippen LogP contribution in [0.4, 0.5) is 0 Å². The maximum absolute atomic E-state index is 12.7. The first-order valence-electron chi connectivity index (χ1n) is 8.11. The van der Waals surface area contributed by atoms with Crippen molar-refractivity contribution in [3.8, 4) is 0 Å². The number of hydrogen-bond donors (Lipinski definition) is 2. The van der Waals surface area contributed by atoms with Crippen molar-refractivity contribution in [2.75, 3.05) is 0 Å². The molecule has 1 aliphatic carbocycles. The van der Waals surface area contributed by atoms with E-state index in [1.165, 1.54) is 0 Å². The molecule has 128 valence electrons. The molecule has 0 aliphatic heterocycles. The largest absolute Gasteiger partial charge is 0.345 e. The van der Waals surface area contributed by atoms with Crippen molar-refractivity contribution in [3.63, 3.8) is 0 Å². The van der Waals surface area contributed by atoms with Gasteiger partial charge >= 0.3 is 0 Å². The van der Waals surface area contributed by atoms with Gasteiger partial charge in [-0.3, -0.25) is 9.89 Å². The van der Waals surface area contributed by atoms with Crippen LogP contribution in [0.15, 0.2) is 36.5 Å². The number of pyridine rings is 1. The average molecular weight is 375 g/mol. The molecular weight excluding hydrogens is 359 g/mol. The Balaban J connectivity index is 1.55. The van der Waals surface area contributed by atoms with E-state index < -0.39 is 0 Å². The van der Waals surface area contributed by atoms with E-state index in [9.17, 15) is 4.79 Å². The molecular formula is C18H16Cl2N4O. The second-order valence-corrected chi connectivity index (χ2v) is 7.34. The van der Waals surface area contributed by atoms with Gasteiger partial charge in [-0.2, -0.15) is 5.10 Å². The molecule has 5 nitrogen and oxygen atoms in total. The fourth-order valence-corrected chi connectivity index (χ4v) is 3.72. The Morgan fingerprint density at radius 1 is 1.24 bits per heavy atom. The van der Waals surface area contributed by atoms with Crippen molar-refractivity contribution in [1.29, 1.82) is 0 Å². The highest BCUT2D eigenvalue weighted by Crippen LogP contribution is 2.37. The Bertz CT molecular complexity index is 949. The average Bonchev–Trinajstić information content (AvgIpc) is 3.02. The molecule has 3 aromatic rings. The fraction of sp³-hybridized carbons (Fsp3) is 0.278. The molecule has 7 heteroatoms. The first-order chi connectivity index (χ1) is 12.0. The summed E-state index contributed by atoms with van der Waals surface area (Å²) in [6, 6.07) is 9.00. The number of carbonyl (C=O) groups is 1. The maximum Gasteiger partial charge on any atom is 0.270 e. The topological polar surface area (TPSA) is 70.7 Å². The summed E-state index contributed by atoms with van der Waals surface area (Å²) in [5.41, 5.74) is 2.59. The van der Waals surface area contributed by atoms with Crippen LogP contribution in [0.5, 0.6) is 0 Å². The van der Waals surface area contributed by atoms with E-state index in [1.807, 2.05) is 18.2 Å². The minimum Gasteiger partial charge on any atom is -0.345 e. The van der Waals surface area contributed by atoms with Gasteiger partial charge in [0.2, 0.25) is 0 Å². The number of H-pyrrole nitrogens is 1. The van der Waals surface area contributed by atoms with E-state index in [0.717, 1.165) is 30.3 Å². The van der Waals surface area contributed by atoms with Gasteiger partial charge in [-0.05, 0) is 55.5 Å². The lowest BCUT2D eigenvalue weighted by Crippen LogP contribution is -2.55. The third-order valence-electron chi connectivity index (χ3n) is 4.76. The number of amides is 1. The van der Waals surface area contributed by atoms with E-state index in [1.54, 1.807) is 18.3 Å². The van der Waals surface area contributed by atoms with Crippen LogP contribution < -0.4 is 5.32 Å². The summed E-state index contributed by atoms with van der Waals surface area (Å²) < 4.78 is 0. The van der Waals surface area contributed by atoms with E-state index in [4.69, 9.17) is 23.2 Å². The van der Waals surface area contributed by atoms with Gasteiger partial charge in [0.05, 0.1) is 11.7 Å². The first kappa shape index (κ1) is 16.4. The molecule has 2 aromatic heterocycles. The van der Waals surface area contributed by atoms with Crippen LogP contribution in [-0.4, -0.2) is 26.6 Å². The molecule has 1 aromatic carbocycles. The number of aromatic nitrogens is 3. The number of halogens is 2. The van der Waals surface area contributed by atoms with E-state index in [-0.39, 0.29) is 11.4 Å². The predicted octanol–water partition coefficient (Wildman–Crippen LogP) is 4.16. The molecule has 0 saturated heterocycles. The van der Waals surface area contributed by atoms with E-state index >= 15 is 0 Å². The lowest BCUT2D eigenvalue weighted by atomic mass is 9.72. The van der Waals surface area contributed by atoms with Crippen LogP contribution >= 0.6 is 23.2 Å². The second kappa shape index (κ2) is 6.32. The Labute approximate surface area is 154 Å². The van der Waals surface area contributed by atoms with Crippen LogP contribution in [0, 0.1) is 0 Å². The van der Waals surface area contributed by atoms with Crippen LogP contribution in [0.3, 0.4) is 0 Å². The van der Waals surface area contributed by atoms with Gasteiger partial charge in [-0.15, -0.1) is 0 Å². The highest BCUT2D eigenvalue weighted by molar-refractivity contribution is 6.35. The Morgan fingerprint density at radius 2 is 2.08 bits per heavy atom. The molecule has 25 heavy (non-hydrogen) atoms. The molecule has 2 N–H and O–H groups in total. The number of aromatic amines is 1. The Hall–Kier alpha value is -2.11. The highest BCUT2D eigenvalue weighted by atomic mass is 35.5. The number of nitrogens with one attached hydrogen (secondary N) is 2. The molecule has 2 heterocycles. The standard InChI is InChI=1S/C18H16Cl2N4O/c19-12-3-2-11(13(20)8-12)9-18(6-1-7-18)23-17(25)15-5-4-14-16(22-15)10-21-24-14/h2-5,8,10H,1,6-7,9H2,(H,21,24)(H,23,25). The molecule has 0 bridgehead atoms. The Kier molecular flexibility index (Phi) is 4.13. The van der Waals surface area contributed by atoms with Gasteiger partial charge in [0, 0.05) is 15.6 Å². The minimum atomic E-state index is -0.276.